The normalized spacial score (nSPS) is 12.5. The maximum atomic E-state index is 5.14. The number of benzene rings is 1. The van der Waals surface area contributed by atoms with E-state index in [0.717, 1.165) is 25.5 Å². The van der Waals surface area contributed by atoms with E-state index in [-0.39, 0.29) is 30.0 Å². The number of halogens is 1. The van der Waals surface area contributed by atoms with Crippen LogP contribution in [0.1, 0.15) is 30.5 Å². The van der Waals surface area contributed by atoms with Crippen molar-refractivity contribution >= 4 is 29.9 Å². The van der Waals surface area contributed by atoms with Gasteiger partial charge >= 0.3 is 0 Å². The lowest BCUT2D eigenvalue weighted by Gasteiger charge is -2.17. The van der Waals surface area contributed by atoms with Crippen LogP contribution in [0.15, 0.2) is 23.2 Å². The van der Waals surface area contributed by atoms with Gasteiger partial charge in [0.25, 0.3) is 0 Å². The minimum absolute atomic E-state index is 0. The average Bonchev–Trinajstić information content (AvgIpc) is 2.41. The van der Waals surface area contributed by atoms with Crippen LogP contribution in [-0.2, 0) is 11.2 Å². The van der Waals surface area contributed by atoms with E-state index in [0.29, 0.717) is 6.61 Å². The zero-order valence-corrected chi connectivity index (χ0v) is 16.7. The first-order chi connectivity index (χ1) is 10.1. The van der Waals surface area contributed by atoms with Crippen molar-refractivity contribution in [2.24, 2.45) is 4.99 Å². The molecule has 0 amide bonds. The maximum Gasteiger partial charge on any atom is 0.191 e. The highest BCUT2D eigenvalue weighted by molar-refractivity contribution is 14.0. The van der Waals surface area contributed by atoms with Gasteiger partial charge in [-0.1, -0.05) is 23.8 Å². The Bertz CT molecular complexity index is 463. The fourth-order valence-electron chi connectivity index (χ4n) is 2.26. The highest BCUT2D eigenvalue weighted by Gasteiger charge is 2.04. The number of rotatable bonds is 7. The number of guanidine groups is 1. The van der Waals surface area contributed by atoms with E-state index in [1.54, 1.807) is 7.11 Å². The smallest absolute Gasteiger partial charge is 0.191 e. The molecule has 4 nitrogen and oxygen atoms in total. The quantitative estimate of drug-likeness (QED) is 0.406. The molecule has 0 aromatic heterocycles. The van der Waals surface area contributed by atoms with Gasteiger partial charge in [-0.15, -0.1) is 24.0 Å². The molecule has 126 valence electrons. The van der Waals surface area contributed by atoms with Crippen LogP contribution in [0.4, 0.5) is 0 Å². The third kappa shape index (κ3) is 7.98. The first kappa shape index (κ1) is 21.2. The van der Waals surface area contributed by atoms with E-state index in [1.165, 1.54) is 16.7 Å². The third-order valence-corrected chi connectivity index (χ3v) is 3.29. The molecule has 0 saturated heterocycles. The molecule has 5 heteroatoms. The van der Waals surface area contributed by atoms with Crippen molar-refractivity contribution in [2.45, 2.75) is 40.2 Å². The Hall–Kier alpha value is -0.820. The highest BCUT2D eigenvalue weighted by atomic mass is 127. The molecule has 0 aliphatic rings. The summed E-state index contributed by atoms with van der Waals surface area (Å²) >= 11 is 0. The molecule has 1 rings (SSSR count). The molecule has 0 spiro atoms. The van der Waals surface area contributed by atoms with Crippen LogP contribution in [0.5, 0.6) is 0 Å². The number of aryl methyl sites for hydroxylation is 2. The zero-order chi connectivity index (χ0) is 15.7. The van der Waals surface area contributed by atoms with Gasteiger partial charge in [-0.3, -0.25) is 4.99 Å². The van der Waals surface area contributed by atoms with E-state index >= 15 is 0 Å². The summed E-state index contributed by atoms with van der Waals surface area (Å²) in [6, 6.07) is 6.84. The summed E-state index contributed by atoms with van der Waals surface area (Å²) in [5.41, 5.74) is 4.02. The van der Waals surface area contributed by atoms with Crippen LogP contribution in [0.3, 0.4) is 0 Å². The zero-order valence-electron chi connectivity index (χ0n) is 14.4. The van der Waals surface area contributed by atoms with Gasteiger partial charge in [0, 0.05) is 26.2 Å². The summed E-state index contributed by atoms with van der Waals surface area (Å²) < 4.78 is 5.14. The van der Waals surface area contributed by atoms with Gasteiger partial charge in [-0.2, -0.15) is 0 Å². The molecule has 0 fully saturated rings. The molecule has 1 unspecified atom stereocenters. The van der Waals surface area contributed by atoms with Crippen LogP contribution in [0.2, 0.25) is 0 Å². The van der Waals surface area contributed by atoms with Gasteiger partial charge in [0.05, 0.1) is 6.61 Å². The highest BCUT2D eigenvalue weighted by Crippen LogP contribution is 2.11. The summed E-state index contributed by atoms with van der Waals surface area (Å²) in [6.45, 7) is 10.7. The maximum absolute atomic E-state index is 5.14. The number of ether oxygens (including phenoxy) is 1. The van der Waals surface area contributed by atoms with E-state index < -0.39 is 0 Å². The Morgan fingerprint density at radius 1 is 1.32 bits per heavy atom. The lowest BCUT2D eigenvalue weighted by Crippen LogP contribution is -2.44. The third-order valence-electron chi connectivity index (χ3n) is 3.29. The fraction of sp³-hybridized carbons (Fsp3) is 0.588. The molecular weight excluding hydrogens is 389 g/mol. The van der Waals surface area contributed by atoms with E-state index in [2.05, 4.69) is 61.5 Å². The van der Waals surface area contributed by atoms with Gasteiger partial charge < -0.3 is 15.4 Å². The van der Waals surface area contributed by atoms with Crippen molar-refractivity contribution in [1.82, 2.24) is 10.6 Å². The first-order valence-corrected chi connectivity index (χ1v) is 7.66. The molecule has 0 heterocycles. The Balaban J connectivity index is 0.00000441. The summed E-state index contributed by atoms with van der Waals surface area (Å²) in [6.07, 6.45) is 0.960. The van der Waals surface area contributed by atoms with Crippen molar-refractivity contribution in [3.8, 4) is 0 Å². The van der Waals surface area contributed by atoms with Crippen LogP contribution in [0, 0.1) is 13.8 Å². The molecule has 0 aliphatic heterocycles. The fourth-order valence-corrected chi connectivity index (χ4v) is 2.26. The Morgan fingerprint density at radius 3 is 2.64 bits per heavy atom. The number of methoxy groups -OCH3 is 1. The lowest BCUT2D eigenvalue weighted by atomic mass is 10.0. The van der Waals surface area contributed by atoms with E-state index in [9.17, 15) is 0 Å². The number of hydrogen-bond acceptors (Lipinski definition) is 2. The Kier molecular flexibility index (Phi) is 11.3. The lowest BCUT2D eigenvalue weighted by molar-refractivity contribution is 0.179. The molecule has 0 saturated carbocycles. The van der Waals surface area contributed by atoms with Gasteiger partial charge in [0.1, 0.15) is 0 Å². The van der Waals surface area contributed by atoms with E-state index in [1.807, 2.05) is 0 Å². The Morgan fingerprint density at radius 2 is 2.05 bits per heavy atom. The summed E-state index contributed by atoms with van der Waals surface area (Å²) in [5.74, 6) is 0.854. The SMILES string of the molecule is CCNC(=NCCc1ccc(C)cc1C)NC(C)COC.I. The predicted molar refractivity (Wildman–Crippen MR) is 105 cm³/mol. The van der Waals surface area contributed by atoms with Crippen LogP contribution < -0.4 is 10.6 Å². The van der Waals surface area contributed by atoms with Crippen LogP contribution >= 0.6 is 24.0 Å². The second-order valence-electron chi connectivity index (χ2n) is 5.44. The van der Waals surface area contributed by atoms with Crippen molar-refractivity contribution in [2.75, 3.05) is 26.8 Å². The van der Waals surface area contributed by atoms with Gasteiger partial charge in [0.2, 0.25) is 0 Å². The predicted octanol–water partition coefficient (Wildman–Crippen LogP) is 3.05. The van der Waals surface area contributed by atoms with Crippen molar-refractivity contribution in [1.29, 1.82) is 0 Å². The topological polar surface area (TPSA) is 45.7 Å². The number of nitrogens with zero attached hydrogens (tertiary/aromatic N) is 1. The second-order valence-corrected chi connectivity index (χ2v) is 5.44. The van der Waals surface area contributed by atoms with Crippen LogP contribution in [0.25, 0.3) is 0 Å². The number of aliphatic imine (C=N–C) groups is 1. The minimum Gasteiger partial charge on any atom is -0.383 e. The number of nitrogens with one attached hydrogen (secondary N) is 2. The van der Waals surface area contributed by atoms with Gasteiger partial charge in [0.15, 0.2) is 5.96 Å². The van der Waals surface area contributed by atoms with Gasteiger partial charge in [-0.05, 0) is 45.2 Å². The second kappa shape index (κ2) is 11.7. The molecule has 1 aromatic rings. The van der Waals surface area contributed by atoms with E-state index in [4.69, 9.17) is 4.74 Å². The minimum atomic E-state index is 0. The standard InChI is InChI=1S/C17H29N3O.HI/c1-6-18-17(20-15(4)12-21-5)19-10-9-16-8-7-13(2)11-14(16)3;/h7-8,11,15H,6,9-10,12H2,1-5H3,(H2,18,19,20);1H. The van der Waals surface area contributed by atoms with Crippen LogP contribution in [-0.4, -0.2) is 38.8 Å². The Labute approximate surface area is 152 Å². The van der Waals surface area contributed by atoms with Crippen molar-refractivity contribution < 1.29 is 4.74 Å². The largest absolute Gasteiger partial charge is 0.383 e. The summed E-state index contributed by atoms with van der Waals surface area (Å²) in [7, 11) is 1.71. The first-order valence-electron chi connectivity index (χ1n) is 7.66. The molecule has 1 atom stereocenters. The average molecular weight is 419 g/mol. The van der Waals surface area contributed by atoms with Gasteiger partial charge in [-0.25, -0.2) is 0 Å². The molecule has 2 N–H and O–H groups in total. The molecule has 0 radical (unpaired) electrons. The molecular formula is C17H30IN3O. The van der Waals surface area contributed by atoms with Crippen molar-refractivity contribution in [3.63, 3.8) is 0 Å². The molecule has 0 bridgehead atoms. The number of hydrogen-bond donors (Lipinski definition) is 2. The molecule has 1 aromatic carbocycles. The monoisotopic (exact) mass is 419 g/mol. The molecule has 22 heavy (non-hydrogen) atoms. The molecule has 0 aliphatic carbocycles. The van der Waals surface area contributed by atoms with Crippen molar-refractivity contribution in [3.05, 3.63) is 34.9 Å². The summed E-state index contributed by atoms with van der Waals surface area (Å²) in [5, 5.41) is 6.61. The summed E-state index contributed by atoms with van der Waals surface area (Å²) in [4.78, 5) is 4.63.